The molecule has 0 saturated carbocycles. The summed E-state index contributed by atoms with van der Waals surface area (Å²) >= 11 is 0. The van der Waals surface area contributed by atoms with Crippen molar-refractivity contribution in [2.24, 2.45) is 0 Å². The van der Waals surface area contributed by atoms with Gasteiger partial charge in [0, 0.05) is 29.1 Å². The minimum Gasteiger partial charge on any atom is -0.508 e. The van der Waals surface area contributed by atoms with Crippen molar-refractivity contribution in [1.82, 2.24) is 19.9 Å². The molecular weight excluding hydrogens is 444 g/mol. The van der Waals surface area contributed by atoms with Crippen molar-refractivity contribution in [3.8, 4) is 17.1 Å². The van der Waals surface area contributed by atoms with E-state index in [0.717, 1.165) is 11.1 Å². The third kappa shape index (κ3) is 4.69. The number of H-pyrrole nitrogens is 1. The lowest BCUT2D eigenvalue weighted by Crippen LogP contribution is -2.14. The first kappa shape index (κ1) is 21.8. The molecule has 0 bridgehead atoms. The molecule has 3 heterocycles. The van der Waals surface area contributed by atoms with Crippen molar-refractivity contribution in [2.75, 3.05) is 10.6 Å². The molecule has 2 amide bonds. The number of carbonyl (C=O) groups is 2. The lowest BCUT2D eigenvalue weighted by molar-refractivity contribution is 0.101. The van der Waals surface area contributed by atoms with Crippen LogP contribution in [0.15, 0.2) is 79.1 Å². The number of rotatable bonds is 5. The second-order valence-electron chi connectivity index (χ2n) is 7.87. The zero-order valence-electron chi connectivity index (χ0n) is 18.6. The molecule has 3 aromatic heterocycles. The molecular formula is C26H20N6O3. The summed E-state index contributed by atoms with van der Waals surface area (Å²) in [5.41, 5.74) is 4.19. The number of aromatic nitrogens is 4. The van der Waals surface area contributed by atoms with Gasteiger partial charge >= 0.3 is 0 Å². The van der Waals surface area contributed by atoms with Crippen LogP contribution in [0.4, 0.5) is 11.5 Å². The molecule has 0 saturated heterocycles. The number of nitrogens with zero attached hydrogens (tertiary/aromatic N) is 3. The summed E-state index contributed by atoms with van der Waals surface area (Å²) in [5, 5.41) is 15.2. The average molecular weight is 464 g/mol. The third-order valence-electron chi connectivity index (χ3n) is 5.38. The fourth-order valence-electron chi connectivity index (χ4n) is 3.50. The number of aromatic hydroxyl groups is 1. The van der Waals surface area contributed by atoms with E-state index in [1.54, 1.807) is 67.8 Å². The summed E-state index contributed by atoms with van der Waals surface area (Å²) in [4.78, 5) is 40.9. The number of nitrogens with one attached hydrogen (secondary N) is 3. The molecule has 9 nitrogen and oxygen atoms in total. The first-order valence-electron chi connectivity index (χ1n) is 10.8. The van der Waals surface area contributed by atoms with E-state index in [1.165, 1.54) is 6.07 Å². The summed E-state index contributed by atoms with van der Waals surface area (Å²) < 4.78 is 0. The normalized spacial score (nSPS) is 10.8. The Bertz CT molecular complexity index is 1550. The molecule has 0 unspecified atom stereocenters. The van der Waals surface area contributed by atoms with E-state index in [2.05, 4.69) is 30.6 Å². The van der Waals surface area contributed by atoms with Gasteiger partial charge in [0.15, 0.2) is 0 Å². The minimum absolute atomic E-state index is 0.148. The average Bonchev–Trinajstić information content (AvgIpc) is 3.30. The number of carbonyl (C=O) groups excluding carboxylic acids is 2. The molecule has 9 heteroatoms. The minimum atomic E-state index is -0.353. The van der Waals surface area contributed by atoms with Crippen LogP contribution in [-0.4, -0.2) is 36.9 Å². The smallest absolute Gasteiger partial charge is 0.275 e. The predicted molar refractivity (Wildman–Crippen MR) is 132 cm³/mol. The van der Waals surface area contributed by atoms with Crippen molar-refractivity contribution in [1.29, 1.82) is 0 Å². The monoisotopic (exact) mass is 464 g/mol. The van der Waals surface area contributed by atoms with Gasteiger partial charge in [-0.2, -0.15) is 0 Å². The van der Waals surface area contributed by atoms with Crippen LogP contribution in [0, 0.1) is 6.92 Å². The Balaban J connectivity index is 1.30. The van der Waals surface area contributed by atoms with Crippen LogP contribution < -0.4 is 10.6 Å². The predicted octanol–water partition coefficient (Wildman–Crippen LogP) is 4.54. The Hall–Kier alpha value is -5.05. The Kier molecular flexibility index (Phi) is 5.64. The maximum absolute atomic E-state index is 12.5. The standard InChI is InChI=1S/C26H20N6O3/c1-15-12-17(7-10-22(15)33)25(34)29-18-8-5-16(6-9-18)24-30-20-13-23(28-14-21(20)31-24)32-26(35)19-4-2-3-11-27-19/h2-14,33H,1H3,(H,29,34)(H,30,31)(H,28,32,35). The molecule has 0 aliphatic rings. The SMILES string of the molecule is Cc1cc(C(=O)Nc2ccc(-c3nc4cc(NC(=O)c5ccccn5)ncc4[nH]3)cc2)ccc1O. The Morgan fingerprint density at radius 2 is 1.74 bits per heavy atom. The van der Waals surface area contributed by atoms with E-state index in [-0.39, 0.29) is 17.6 Å². The fraction of sp³-hybridized carbons (Fsp3) is 0.0385. The first-order chi connectivity index (χ1) is 17.0. The van der Waals surface area contributed by atoms with Gasteiger partial charge in [0.2, 0.25) is 0 Å². The van der Waals surface area contributed by atoms with E-state index < -0.39 is 0 Å². The number of aromatic amines is 1. The molecule has 0 aliphatic carbocycles. The summed E-state index contributed by atoms with van der Waals surface area (Å²) in [6.07, 6.45) is 3.16. The largest absolute Gasteiger partial charge is 0.508 e. The van der Waals surface area contributed by atoms with Crippen LogP contribution in [0.5, 0.6) is 5.75 Å². The zero-order valence-corrected chi connectivity index (χ0v) is 18.6. The van der Waals surface area contributed by atoms with E-state index in [0.29, 0.717) is 39.7 Å². The zero-order chi connectivity index (χ0) is 24.4. The van der Waals surface area contributed by atoms with Crippen LogP contribution in [-0.2, 0) is 0 Å². The number of hydrogen-bond donors (Lipinski definition) is 4. The van der Waals surface area contributed by atoms with Crippen molar-refractivity contribution in [2.45, 2.75) is 6.92 Å². The maximum Gasteiger partial charge on any atom is 0.275 e. The lowest BCUT2D eigenvalue weighted by Gasteiger charge is -2.07. The van der Waals surface area contributed by atoms with Gasteiger partial charge in [-0.15, -0.1) is 0 Å². The van der Waals surface area contributed by atoms with Crippen molar-refractivity contribution >= 4 is 34.4 Å². The van der Waals surface area contributed by atoms with Gasteiger partial charge in [-0.05, 0) is 67.1 Å². The summed E-state index contributed by atoms with van der Waals surface area (Å²) in [5.74, 6) is 0.523. The molecule has 5 aromatic rings. The molecule has 0 radical (unpaired) electrons. The van der Waals surface area contributed by atoms with E-state index in [9.17, 15) is 14.7 Å². The van der Waals surface area contributed by atoms with E-state index >= 15 is 0 Å². The molecule has 35 heavy (non-hydrogen) atoms. The number of imidazole rings is 1. The van der Waals surface area contributed by atoms with Gasteiger partial charge in [-0.25, -0.2) is 9.97 Å². The Morgan fingerprint density at radius 3 is 2.49 bits per heavy atom. The van der Waals surface area contributed by atoms with Crippen molar-refractivity contribution < 1.29 is 14.7 Å². The lowest BCUT2D eigenvalue weighted by atomic mass is 10.1. The topological polar surface area (TPSA) is 133 Å². The highest BCUT2D eigenvalue weighted by Crippen LogP contribution is 2.24. The highest BCUT2D eigenvalue weighted by molar-refractivity contribution is 6.04. The number of aryl methyl sites for hydroxylation is 1. The van der Waals surface area contributed by atoms with Gasteiger partial charge in [-0.1, -0.05) is 6.07 Å². The van der Waals surface area contributed by atoms with E-state index in [1.807, 2.05) is 12.1 Å². The number of fused-ring (bicyclic) bond motifs is 1. The summed E-state index contributed by atoms with van der Waals surface area (Å²) in [7, 11) is 0. The molecule has 0 atom stereocenters. The fourth-order valence-corrected chi connectivity index (χ4v) is 3.50. The molecule has 172 valence electrons. The van der Waals surface area contributed by atoms with Crippen LogP contribution in [0.3, 0.4) is 0 Å². The summed E-state index contributed by atoms with van der Waals surface area (Å²) in [6.45, 7) is 1.74. The van der Waals surface area contributed by atoms with Gasteiger partial charge in [-0.3, -0.25) is 14.6 Å². The Labute approximate surface area is 199 Å². The number of anilines is 2. The second-order valence-corrected chi connectivity index (χ2v) is 7.87. The Morgan fingerprint density at radius 1 is 0.914 bits per heavy atom. The third-order valence-corrected chi connectivity index (χ3v) is 5.38. The number of pyridine rings is 2. The molecule has 5 rings (SSSR count). The van der Waals surface area contributed by atoms with Crippen LogP contribution in [0.2, 0.25) is 0 Å². The molecule has 4 N–H and O–H groups in total. The maximum atomic E-state index is 12.5. The van der Waals surface area contributed by atoms with Crippen molar-refractivity contribution in [3.63, 3.8) is 0 Å². The molecule has 2 aromatic carbocycles. The van der Waals surface area contributed by atoms with Crippen LogP contribution in [0.25, 0.3) is 22.4 Å². The number of phenolic OH excluding ortho intramolecular Hbond substituents is 1. The van der Waals surface area contributed by atoms with Crippen LogP contribution >= 0.6 is 0 Å². The molecule has 0 aliphatic heterocycles. The molecule has 0 spiro atoms. The number of phenols is 1. The van der Waals surface area contributed by atoms with Crippen molar-refractivity contribution in [3.05, 3.63) is 95.9 Å². The number of amides is 2. The van der Waals surface area contributed by atoms with Crippen LogP contribution in [0.1, 0.15) is 26.4 Å². The summed E-state index contributed by atoms with van der Waals surface area (Å²) in [6, 6.07) is 18.7. The van der Waals surface area contributed by atoms with Gasteiger partial charge < -0.3 is 20.7 Å². The highest BCUT2D eigenvalue weighted by atomic mass is 16.3. The van der Waals surface area contributed by atoms with Gasteiger partial charge in [0.1, 0.15) is 23.1 Å². The second kappa shape index (κ2) is 9.06. The first-order valence-corrected chi connectivity index (χ1v) is 10.8. The van der Waals surface area contributed by atoms with Gasteiger partial charge in [0.25, 0.3) is 11.8 Å². The molecule has 0 fully saturated rings. The van der Waals surface area contributed by atoms with Gasteiger partial charge in [0.05, 0.1) is 17.2 Å². The number of benzene rings is 2. The van der Waals surface area contributed by atoms with E-state index in [4.69, 9.17) is 0 Å². The quantitative estimate of drug-likeness (QED) is 0.302. The highest BCUT2D eigenvalue weighted by Gasteiger charge is 2.12. The number of hydrogen-bond acceptors (Lipinski definition) is 6.